The van der Waals surface area contributed by atoms with Crippen LogP contribution >= 0.6 is 0 Å². The van der Waals surface area contributed by atoms with Gasteiger partial charge in [-0.25, -0.2) is 0 Å². The van der Waals surface area contributed by atoms with Crippen LogP contribution in [0.15, 0.2) is 30.3 Å². The zero-order valence-corrected chi connectivity index (χ0v) is 12.9. The van der Waals surface area contributed by atoms with Gasteiger partial charge >= 0.3 is 0 Å². The quantitative estimate of drug-likeness (QED) is 0.826. The normalized spacial score (nSPS) is 32.1. The fourth-order valence-electron chi connectivity index (χ4n) is 4.35. The molecule has 2 fully saturated rings. The van der Waals surface area contributed by atoms with Crippen molar-refractivity contribution in [1.82, 2.24) is 5.32 Å². The van der Waals surface area contributed by atoms with Crippen LogP contribution in [0.4, 0.5) is 0 Å². The summed E-state index contributed by atoms with van der Waals surface area (Å²) in [5.74, 6) is 1.59. The molecule has 110 valence electrons. The van der Waals surface area contributed by atoms with Crippen molar-refractivity contribution < 1.29 is 0 Å². The van der Waals surface area contributed by atoms with Crippen LogP contribution in [-0.4, -0.2) is 12.1 Å². The highest BCUT2D eigenvalue weighted by molar-refractivity contribution is 5.21. The van der Waals surface area contributed by atoms with Gasteiger partial charge in [-0.1, -0.05) is 56.5 Å². The Labute approximate surface area is 124 Å². The summed E-state index contributed by atoms with van der Waals surface area (Å²) in [6.07, 6.45) is 11.2. The van der Waals surface area contributed by atoms with E-state index in [0.29, 0.717) is 0 Å². The molecule has 2 unspecified atom stereocenters. The van der Waals surface area contributed by atoms with Crippen LogP contribution in [0.25, 0.3) is 0 Å². The van der Waals surface area contributed by atoms with Gasteiger partial charge in [0, 0.05) is 12.1 Å². The number of nitrogens with one attached hydrogen (secondary N) is 1. The van der Waals surface area contributed by atoms with Gasteiger partial charge in [0.05, 0.1) is 0 Å². The first-order valence-electron chi connectivity index (χ1n) is 8.64. The maximum atomic E-state index is 3.96. The molecule has 3 atom stereocenters. The third-order valence-electron chi connectivity index (χ3n) is 5.47. The first-order chi connectivity index (χ1) is 9.83. The maximum Gasteiger partial charge on any atom is 0.00726 e. The average Bonchev–Trinajstić information content (AvgIpc) is 2.49. The van der Waals surface area contributed by atoms with Gasteiger partial charge in [-0.2, -0.15) is 0 Å². The van der Waals surface area contributed by atoms with Crippen molar-refractivity contribution in [1.29, 1.82) is 0 Å². The summed E-state index contributed by atoms with van der Waals surface area (Å²) in [5, 5.41) is 3.96. The Bertz CT molecular complexity index is 393. The molecule has 0 aliphatic heterocycles. The van der Waals surface area contributed by atoms with Crippen molar-refractivity contribution in [2.45, 2.75) is 76.3 Å². The second-order valence-electron chi connectivity index (χ2n) is 7.01. The largest absolute Gasteiger partial charge is 0.311 e. The molecule has 2 aliphatic rings. The van der Waals surface area contributed by atoms with Crippen LogP contribution in [0.3, 0.4) is 0 Å². The Morgan fingerprint density at radius 2 is 1.60 bits per heavy atom. The van der Waals surface area contributed by atoms with Crippen LogP contribution in [0.2, 0.25) is 0 Å². The van der Waals surface area contributed by atoms with Crippen LogP contribution in [0.5, 0.6) is 0 Å². The van der Waals surface area contributed by atoms with Crippen molar-refractivity contribution in [3.05, 3.63) is 35.9 Å². The molecule has 0 aromatic heterocycles. The number of hydrogen-bond acceptors (Lipinski definition) is 1. The van der Waals surface area contributed by atoms with Gasteiger partial charge in [0.1, 0.15) is 0 Å². The highest BCUT2D eigenvalue weighted by Gasteiger charge is 2.29. The molecule has 1 aromatic carbocycles. The van der Waals surface area contributed by atoms with E-state index < -0.39 is 0 Å². The molecule has 1 heteroatoms. The molecule has 1 N–H and O–H groups in total. The van der Waals surface area contributed by atoms with E-state index in [2.05, 4.69) is 42.6 Å². The lowest BCUT2D eigenvalue weighted by Crippen LogP contribution is -2.43. The van der Waals surface area contributed by atoms with Crippen molar-refractivity contribution in [3.8, 4) is 0 Å². The Kier molecular flexibility index (Phi) is 4.77. The number of rotatable bonds is 3. The summed E-state index contributed by atoms with van der Waals surface area (Å²) >= 11 is 0. The summed E-state index contributed by atoms with van der Waals surface area (Å²) in [4.78, 5) is 0. The lowest BCUT2D eigenvalue weighted by Gasteiger charge is -2.37. The van der Waals surface area contributed by atoms with E-state index in [1.54, 1.807) is 5.56 Å². The second-order valence-corrected chi connectivity index (χ2v) is 7.01. The molecule has 0 amide bonds. The fourth-order valence-corrected chi connectivity index (χ4v) is 4.35. The monoisotopic (exact) mass is 271 g/mol. The van der Waals surface area contributed by atoms with E-state index in [-0.39, 0.29) is 0 Å². The summed E-state index contributed by atoms with van der Waals surface area (Å²) in [5.41, 5.74) is 1.55. The van der Waals surface area contributed by atoms with Gasteiger partial charge in [-0.3, -0.25) is 0 Å². The predicted molar refractivity (Wildman–Crippen MR) is 86.0 cm³/mol. The highest BCUT2D eigenvalue weighted by atomic mass is 15.0. The number of benzene rings is 1. The van der Waals surface area contributed by atoms with E-state index in [1.165, 1.54) is 51.4 Å². The molecular formula is C19H29N. The Morgan fingerprint density at radius 1 is 0.850 bits per heavy atom. The topological polar surface area (TPSA) is 12.0 Å². The Hall–Kier alpha value is -0.820. The van der Waals surface area contributed by atoms with Crippen LogP contribution < -0.4 is 5.32 Å². The molecule has 0 spiro atoms. The van der Waals surface area contributed by atoms with Crippen LogP contribution in [0, 0.1) is 5.92 Å². The molecule has 2 saturated carbocycles. The minimum atomic E-state index is 0.771. The van der Waals surface area contributed by atoms with Crippen molar-refractivity contribution >= 4 is 0 Å². The van der Waals surface area contributed by atoms with Crippen LogP contribution in [-0.2, 0) is 0 Å². The van der Waals surface area contributed by atoms with Gasteiger partial charge in [0.15, 0.2) is 0 Å². The first-order valence-corrected chi connectivity index (χ1v) is 8.64. The molecule has 1 nitrogen and oxygen atoms in total. The van der Waals surface area contributed by atoms with E-state index >= 15 is 0 Å². The number of hydrogen-bond donors (Lipinski definition) is 1. The molecule has 0 bridgehead atoms. The van der Waals surface area contributed by atoms with E-state index in [0.717, 1.165) is 23.9 Å². The molecule has 2 aliphatic carbocycles. The summed E-state index contributed by atoms with van der Waals surface area (Å²) in [6, 6.07) is 12.7. The van der Waals surface area contributed by atoms with Crippen LogP contribution in [0.1, 0.15) is 69.8 Å². The van der Waals surface area contributed by atoms with Gasteiger partial charge < -0.3 is 5.32 Å². The molecule has 3 rings (SSSR count). The average molecular weight is 271 g/mol. The lowest BCUT2D eigenvalue weighted by molar-refractivity contribution is 0.232. The van der Waals surface area contributed by atoms with E-state index in [1.807, 2.05) is 0 Å². The van der Waals surface area contributed by atoms with E-state index in [9.17, 15) is 0 Å². The fraction of sp³-hybridized carbons (Fsp3) is 0.684. The van der Waals surface area contributed by atoms with E-state index in [4.69, 9.17) is 0 Å². The highest BCUT2D eigenvalue weighted by Crippen LogP contribution is 2.38. The molecule has 0 radical (unpaired) electrons. The summed E-state index contributed by atoms with van der Waals surface area (Å²) < 4.78 is 0. The summed E-state index contributed by atoms with van der Waals surface area (Å²) in [6.45, 7) is 2.45. The van der Waals surface area contributed by atoms with Gasteiger partial charge in [-0.15, -0.1) is 0 Å². The third-order valence-corrected chi connectivity index (χ3v) is 5.47. The van der Waals surface area contributed by atoms with Crippen molar-refractivity contribution in [3.63, 3.8) is 0 Å². The third kappa shape index (κ3) is 3.44. The molecule has 20 heavy (non-hydrogen) atoms. The zero-order valence-electron chi connectivity index (χ0n) is 12.9. The molecular weight excluding hydrogens is 242 g/mol. The Morgan fingerprint density at radius 3 is 2.30 bits per heavy atom. The van der Waals surface area contributed by atoms with Gasteiger partial charge in [0.2, 0.25) is 0 Å². The molecule has 1 aromatic rings. The standard InChI is InChI=1S/C19H29N/c1-15-14-18(20-17-10-6-3-7-11-17)12-13-19(15)16-8-4-2-5-9-16/h2,4-5,8-9,15,17-20H,3,6-7,10-14H2,1H3/t15?,18?,19-/m1/s1. The molecule has 0 saturated heterocycles. The minimum Gasteiger partial charge on any atom is -0.311 e. The lowest BCUT2D eigenvalue weighted by atomic mass is 9.74. The van der Waals surface area contributed by atoms with Crippen molar-refractivity contribution in [2.75, 3.05) is 0 Å². The van der Waals surface area contributed by atoms with Crippen molar-refractivity contribution in [2.24, 2.45) is 5.92 Å². The SMILES string of the molecule is CC1CC(NC2CCCCC2)CC[C@H]1c1ccccc1. The smallest absolute Gasteiger partial charge is 0.00726 e. The summed E-state index contributed by atoms with van der Waals surface area (Å²) in [7, 11) is 0. The van der Waals surface area contributed by atoms with Gasteiger partial charge in [-0.05, 0) is 49.5 Å². The second kappa shape index (κ2) is 6.76. The zero-order chi connectivity index (χ0) is 13.8. The molecule has 0 heterocycles. The maximum absolute atomic E-state index is 3.96. The predicted octanol–water partition coefficient (Wildman–Crippen LogP) is 4.88. The first kappa shape index (κ1) is 14.1. The minimum absolute atomic E-state index is 0.771. The van der Waals surface area contributed by atoms with Gasteiger partial charge in [0.25, 0.3) is 0 Å². The Balaban J connectivity index is 1.54.